The first-order chi connectivity index (χ1) is 4.81. The lowest BCUT2D eigenvalue weighted by Gasteiger charge is -2.03. The summed E-state index contributed by atoms with van der Waals surface area (Å²) in [5.74, 6) is 3.92. The number of rotatable bonds is 5. The van der Waals surface area contributed by atoms with Crippen LogP contribution in [0.2, 0.25) is 0 Å². The molecule has 0 aliphatic heterocycles. The van der Waals surface area contributed by atoms with Crippen LogP contribution in [-0.4, -0.2) is 34.4 Å². The van der Waals surface area contributed by atoms with Gasteiger partial charge in [-0.15, -0.1) is 12.3 Å². The van der Waals surface area contributed by atoms with Crippen LogP contribution < -0.4 is 0 Å². The van der Waals surface area contributed by atoms with Crippen molar-refractivity contribution in [1.29, 1.82) is 0 Å². The highest BCUT2D eigenvalue weighted by molar-refractivity contribution is 7.99. The molecule has 0 aliphatic rings. The van der Waals surface area contributed by atoms with E-state index in [1.807, 2.05) is 0 Å². The molecule has 0 amide bonds. The fourth-order valence-electron chi connectivity index (χ4n) is 0.403. The second-order valence-corrected chi connectivity index (χ2v) is 3.02. The van der Waals surface area contributed by atoms with E-state index in [0.29, 0.717) is 5.75 Å². The van der Waals surface area contributed by atoms with Crippen molar-refractivity contribution in [2.24, 2.45) is 0 Å². The van der Waals surface area contributed by atoms with Crippen molar-refractivity contribution < 1.29 is 10.2 Å². The Hall–Kier alpha value is -0.170. The van der Waals surface area contributed by atoms with Gasteiger partial charge in [-0.3, -0.25) is 0 Å². The maximum absolute atomic E-state index is 8.83. The lowest BCUT2D eigenvalue weighted by Crippen LogP contribution is -2.14. The molecule has 1 unspecified atom stereocenters. The van der Waals surface area contributed by atoms with E-state index in [1.165, 1.54) is 0 Å². The molecule has 1 atom stereocenters. The molecule has 0 heterocycles. The van der Waals surface area contributed by atoms with Crippen LogP contribution >= 0.6 is 11.8 Å². The molecule has 0 aromatic rings. The average molecular weight is 160 g/mol. The first-order valence-electron chi connectivity index (χ1n) is 3.11. The van der Waals surface area contributed by atoms with E-state index in [0.717, 1.165) is 12.2 Å². The summed E-state index contributed by atoms with van der Waals surface area (Å²) in [5.41, 5.74) is 0. The van der Waals surface area contributed by atoms with Crippen LogP contribution in [0.5, 0.6) is 0 Å². The van der Waals surface area contributed by atoms with E-state index in [9.17, 15) is 0 Å². The quantitative estimate of drug-likeness (QED) is 0.442. The number of terminal acetylenes is 1. The molecule has 0 aliphatic carbocycles. The van der Waals surface area contributed by atoms with Gasteiger partial charge in [0, 0.05) is 17.9 Å². The van der Waals surface area contributed by atoms with Crippen LogP contribution in [0.25, 0.3) is 0 Å². The van der Waals surface area contributed by atoms with Crippen LogP contribution in [0.4, 0.5) is 0 Å². The standard InChI is InChI=1S/C7H12O2S/c1-2-3-4-10-6-7(9)5-8/h1,7-9H,3-6H2. The van der Waals surface area contributed by atoms with Gasteiger partial charge < -0.3 is 10.2 Å². The molecule has 0 aromatic heterocycles. The Labute approximate surface area is 65.6 Å². The lowest BCUT2D eigenvalue weighted by atomic mass is 10.4. The SMILES string of the molecule is C#CCCSCC(O)CO. The minimum Gasteiger partial charge on any atom is -0.394 e. The van der Waals surface area contributed by atoms with Gasteiger partial charge in [0.1, 0.15) is 0 Å². The van der Waals surface area contributed by atoms with E-state index in [-0.39, 0.29) is 6.61 Å². The summed E-state index contributed by atoms with van der Waals surface area (Å²) in [6.07, 6.45) is 5.13. The fourth-order valence-corrected chi connectivity index (χ4v) is 1.21. The average Bonchev–Trinajstić information content (AvgIpc) is 1.98. The third-order valence-corrected chi connectivity index (χ3v) is 2.02. The second kappa shape index (κ2) is 6.94. The molecular weight excluding hydrogens is 148 g/mol. The van der Waals surface area contributed by atoms with Crippen molar-refractivity contribution in [1.82, 2.24) is 0 Å². The first-order valence-corrected chi connectivity index (χ1v) is 4.27. The summed E-state index contributed by atoms with van der Waals surface area (Å²) in [5, 5.41) is 17.2. The number of aliphatic hydroxyl groups is 2. The van der Waals surface area contributed by atoms with Crippen molar-refractivity contribution in [2.45, 2.75) is 12.5 Å². The number of aliphatic hydroxyl groups excluding tert-OH is 2. The van der Waals surface area contributed by atoms with Gasteiger partial charge in [-0.2, -0.15) is 11.8 Å². The summed E-state index contributed by atoms with van der Waals surface area (Å²) in [4.78, 5) is 0. The van der Waals surface area contributed by atoms with E-state index in [2.05, 4.69) is 5.92 Å². The van der Waals surface area contributed by atoms with Crippen LogP contribution in [0.1, 0.15) is 6.42 Å². The molecule has 0 fully saturated rings. The molecule has 58 valence electrons. The number of hydrogen-bond donors (Lipinski definition) is 2. The molecule has 2 nitrogen and oxygen atoms in total. The van der Waals surface area contributed by atoms with Crippen molar-refractivity contribution in [2.75, 3.05) is 18.1 Å². The molecule has 0 bridgehead atoms. The van der Waals surface area contributed by atoms with E-state index in [4.69, 9.17) is 16.6 Å². The van der Waals surface area contributed by atoms with Gasteiger partial charge in [0.05, 0.1) is 12.7 Å². The zero-order valence-corrected chi connectivity index (χ0v) is 6.60. The molecule has 3 heteroatoms. The summed E-state index contributed by atoms with van der Waals surface area (Å²) in [6.45, 7) is -0.164. The Kier molecular flexibility index (Phi) is 6.83. The van der Waals surface area contributed by atoms with Gasteiger partial charge in [0.25, 0.3) is 0 Å². The third-order valence-electron chi connectivity index (χ3n) is 0.912. The highest BCUT2D eigenvalue weighted by Crippen LogP contribution is 2.03. The summed E-state index contributed by atoms with van der Waals surface area (Å²) in [7, 11) is 0. The van der Waals surface area contributed by atoms with E-state index < -0.39 is 6.10 Å². The molecule has 0 rings (SSSR count). The van der Waals surface area contributed by atoms with E-state index >= 15 is 0 Å². The van der Waals surface area contributed by atoms with Gasteiger partial charge in [-0.25, -0.2) is 0 Å². The highest BCUT2D eigenvalue weighted by atomic mass is 32.2. The Bertz CT molecular complexity index is 109. The highest BCUT2D eigenvalue weighted by Gasteiger charge is 1.99. The molecule has 0 saturated carbocycles. The fraction of sp³-hybridized carbons (Fsp3) is 0.714. The molecule has 2 N–H and O–H groups in total. The molecule has 10 heavy (non-hydrogen) atoms. The minimum absolute atomic E-state index is 0.164. The van der Waals surface area contributed by atoms with Crippen molar-refractivity contribution in [3.05, 3.63) is 0 Å². The number of thioether (sulfide) groups is 1. The Morgan fingerprint density at radius 2 is 2.30 bits per heavy atom. The van der Waals surface area contributed by atoms with Crippen LogP contribution in [0.15, 0.2) is 0 Å². The first kappa shape index (κ1) is 9.83. The van der Waals surface area contributed by atoms with Crippen molar-refractivity contribution >= 4 is 11.8 Å². The Morgan fingerprint density at radius 1 is 1.60 bits per heavy atom. The largest absolute Gasteiger partial charge is 0.394 e. The van der Waals surface area contributed by atoms with Gasteiger partial charge in [-0.05, 0) is 0 Å². The van der Waals surface area contributed by atoms with Crippen LogP contribution in [-0.2, 0) is 0 Å². The summed E-state index contributed by atoms with van der Waals surface area (Å²) < 4.78 is 0. The molecule has 0 aromatic carbocycles. The van der Waals surface area contributed by atoms with Crippen molar-refractivity contribution in [3.63, 3.8) is 0 Å². The third kappa shape index (κ3) is 5.96. The zero-order valence-electron chi connectivity index (χ0n) is 5.79. The van der Waals surface area contributed by atoms with Crippen molar-refractivity contribution in [3.8, 4) is 12.3 Å². The minimum atomic E-state index is -0.595. The lowest BCUT2D eigenvalue weighted by molar-refractivity contribution is 0.113. The van der Waals surface area contributed by atoms with Gasteiger partial charge >= 0.3 is 0 Å². The van der Waals surface area contributed by atoms with Gasteiger partial charge in [-0.1, -0.05) is 0 Å². The predicted molar refractivity (Wildman–Crippen MR) is 43.9 cm³/mol. The maximum atomic E-state index is 8.83. The van der Waals surface area contributed by atoms with Crippen LogP contribution in [0, 0.1) is 12.3 Å². The molecular formula is C7H12O2S. The maximum Gasteiger partial charge on any atom is 0.0861 e. The summed E-state index contributed by atoms with van der Waals surface area (Å²) in [6, 6.07) is 0. The zero-order chi connectivity index (χ0) is 7.82. The monoisotopic (exact) mass is 160 g/mol. The smallest absolute Gasteiger partial charge is 0.0861 e. The number of hydrogen-bond acceptors (Lipinski definition) is 3. The Morgan fingerprint density at radius 3 is 2.80 bits per heavy atom. The Balaban J connectivity index is 2.98. The van der Waals surface area contributed by atoms with Gasteiger partial charge in [0.15, 0.2) is 0 Å². The molecule has 0 saturated heterocycles. The van der Waals surface area contributed by atoms with Gasteiger partial charge in [0.2, 0.25) is 0 Å². The van der Waals surface area contributed by atoms with E-state index in [1.54, 1.807) is 11.8 Å². The molecule has 0 spiro atoms. The molecule has 0 radical (unpaired) electrons. The second-order valence-electron chi connectivity index (χ2n) is 1.87. The predicted octanol–water partition coefficient (Wildman–Crippen LogP) is 0.0961. The van der Waals surface area contributed by atoms with Crippen LogP contribution in [0.3, 0.4) is 0 Å². The normalized spacial score (nSPS) is 12.5. The summed E-state index contributed by atoms with van der Waals surface area (Å²) >= 11 is 1.56. The topological polar surface area (TPSA) is 40.5 Å².